The van der Waals surface area contributed by atoms with Gasteiger partial charge in [0.2, 0.25) is 5.95 Å². The van der Waals surface area contributed by atoms with Gasteiger partial charge in [-0.05, 0) is 5.92 Å². The molecule has 110 valence electrons. The highest BCUT2D eigenvalue weighted by molar-refractivity contribution is 5.82. The monoisotopic (exact) mass is 279 g/mol. The minimum atomic E-state index is 0.341. The highest BCUT2D eigenvalue weighted by atomic mass is 16.5. The van der Waals surface area contributed by atoms with E-state index in [1.54, 1.807) is 21.3 Å². The van der Waals surface area contributed by atoms with Crippen LogP contribution in [0, 0.1) is 5.92 Å². The van der Waals surface area contributed by atoms with E-state index >= 15 is 0 Å². The van der Waals surface area contributed by atoms with Gasteiger partial charge in [0.1, 0.15) is 0 Å². The number of aromatic nitrogens is 2. The van der Waals surface area contributed by atoms with Crippen LogP contribution in [0.1, 0.15) is 6.92 Å². The Bertz CT molecular complexity index is 595. The Morgan fingerprint density at radius 3 is 2.45 bits per heavy atom. The smallest absolute Gasteiger partial charge is 0.201 e. The summed E-state index contributed by atoms with van der Waals surface area (Å²) in [5, 5.41) is 0. The first kappa shape index (κ1) is 14.5. The number of imidazole rings is 1. The van der Waals surface area contributed by atoms with Crippen molar-refractivity contribution in [3.8, 4) is 11.5 Å². The number of benzene rings is 1. The largest absolute Gasteiger partial charge is 0.493 e. The third kappa shape index (κ3) is 2.65. The van der Waals surface area contributed by atoms with Crippen LogP contribution in [0.4, 0.5) is 5.95 Å². The molecule has 1 unspecified atom stereocenters. The summed E-state index contributed by atoms with van der Waals surface area (Å²) in [5.41, 5.74) is 7.74. The van der Waals surface area contributed by atoms with Gasteiger partial charge >= 0.3 is 0 Å². The number of ether oxygens (including phenoxy) is 3. The predicted molar refractivity (Wildman–Crippen MR) is 78.3 cm³/mol. The van der Waals surface area contributed by atoms with Crippen LogP contribution in [-0.2, 0) is 11.3 Å². The molecule has 0 bridgehead atoms. The van der Waals surface area contributed by atoms with Crippen molar-refractivity contribution in [1.29, 1.82) is 0 Å². The molecule has 0 spiro atoms. The second kappa shape index (κ2) is 6.00. The number of methoxy groups -OCH3 is 3. The van der Waals surface area contributed by atoms with Crippen LogP contribution in [-0.4, -0.2) is 37.5 Å². The summed E-state index contributed by atoms with van der Waals surface area (Å²) in [5.74, 6) is 2.14. The predicted octanol–water partition coefficient (Wildman–Crippen LogP) is 1.92. The van der Waals surface area contributed by atoms with E-state index in [1.165, 1.54) is 0 Å². The molecule has 0 aliphatic carbocycles. The van der Waals surface area contributed by atoms with E-state index in [9.17, 15) is 0 Å². The van der Waals surface area contributed by atoms with Crippen LogP contribution >= 0.6 is 0 Å². The van der Waals surface area contributed by atoms with Gasteiger partial charge in [0, 0.05) is 25.8 Å². The van der Waals surface area contributed by atoms with E-state index in [-0.39, 0.29) is 0 Å². The molecule has 0 radical (unpaired) electrons. The topological polar surface area (TPSA) is 71.5 Å². The molecule has 1 heterocycles. The number of hydrogen-bond donors (Lipinski definition) is 1. The number of nitrogen functional groups attached to an aromatic ring is 1. The lowest BCUT2D eigenvalue weighted by molar-refractivity contribution is 0.152. The molecule has 1 aromatic heterocycles. The van der Waals surface area contributed by atoms with Gasteiger partial charge in [0.25, 0.3) is 0 Å². The maximum atomic E-state index is 6.01. The van der Waals surface area contributed by atoms with Gasteiger partial charge in [-0.25, -0.2) is 4.98 Å². The Morgan fingerprint density at radius 2 is 1.85 bits per heavy atom. The zero-order valence-electron chi connectivity index (χ0n) is 12.3. The minimum Gasteiger partial charge on any atom is -0.493 e. The van der Waals surface area contributed by atoms with E-state index in [4.69, 9.17) is 19.9 Å². The van der Waals surface area contributed by atoms with Crippen molar-refractivity contribution in [2.75, 3.05) is 33.7 Å². The fourth-order valence-electron chi connectivity index (χ4n) is 2.31. The molecule has 2 N–H and O–H groups in total. The number of nitrogens with zero attached hydrogens (tertiary/aromatic N) is 2. The summed E-state index contributed by atoms with van der Waals surface area (Å²) >= 11 is 0. The molecule has 0 fully saturated rings. The van der Waals surface area contributed by atoms with Gasteiger partial charge in [0.15, 0.2) is 11.5 Å². The molecule has 1 atom stereocenters. The third-order valence-electron chi connectivity index (χ3n) is 3.23. The molecule has 6 heteroatoms. The number of rotatable bonds is 6. The summed E-state index contributed by atoms with van der Waals surface area (Å²) in [6, 6.07) is 3.74. The maximum absolute atomic E-state index is 6.01. The van der Waals surface area contributed by atoms with E-state index in [0.717, 1.165) is 17.6 Å². The van der Waals surface area contributed by atoms with Gasteiger partial charge < -0.3 is 24.5 Å². The highest BCUT2D eigenvalue weighted by Crippen LogP contribution is 2.33. The normalized spacial score (nSPS) is 12.6. The third-order valence-corrected chi connectivity index (χ3v) is 3.23. The number of anilines is 1. The van der Waals surface area contributed by atoms with E-state index < -0.39 is 0 Å². The second-order valence-corrected chi connectivity index (χ2v) is 4.84. The lowest BCUT2D eigenvalue weighted by Crippen LogP contribution is -2.14. The first-order valence-corrected chi connectivity index (χ1v) is 6.47. The molecule has 6 nitrogen and oxygen atoms in total. The first-order valence-electron chi connectivity index (χ1n) is 6.47. The molecule has 0 saturated heterocycles. The minimum absolute atomic E-state index is 0.341. The van der Waals surface area contributed by atoms with E-state index in [0.29, 0.717) is 30.0 Å². The highest BCUT2D eigenvalue weighted by Gasteiger charge is 2.15. The summed E-state index contributed by atoms with van der Waals surface area (Å²) in [6.07, 6.45) is 0. The van der Waals surface area contributed by atoms with Gasteiger partial charge in [-0.2, -0.15) is 0 Å². The van der Waals surface area contributed by atoms with Gasteiger partial charge in [-0.3, -0.25) is 0 Å². The van der Waals surface area contributed by atoms with Crippen molar-refractivity contribution in [3.63, 3.8) is 0 Å². The Hall–Kier alpha value is -1.95. The molecule has 2 rings (SSSR count). The molecule has 20 heavy (non-hydrogen) atoms. The molecular formula is C14H21N3O3. The van der Waals surface area contributed by atoms with Crippen molar-refractivity contribution in [2.24, 2.45) is 5.92 Å². The van der Waals surface area contributed by atoms with Crippen LogP contribution in [0.25, 0.3) is 11.0 Å². The van der Waals surface area contributed by atoms with Gasteiger partial charge in [-0.15, -0.1) is 0 Å². The van der Waals surface area contributed by atoms with Crippen LogP contribution in [0.2, 0.25) is 0 Å². The van der Waals surface area contributed by atoms with Crippen molar-refractivity contribution in [3.05, 3.63) is 12.1 Å². The van der Waals surface area contributed by atoms with Crippen LogP contribution in [0.15, 0.2) is 12.1 Å². The first-order chi connectivity index (χ1) is 9.60. The molecular weight excluding hydrogens is 258 g/mol. The van der Waals surface area contributed by atoms with Crippen molar-refractivity contribution in [2.45, 2.75) is 13.5 Å². The van der Waals surface area contributed by atoms with Crippen molar-refractivity contribution >= 4 is 17.0 Å². The number of hydrogen-bond acceptors (Lipinski definition) is 5. The zero-order chi connectivity index (χ0) is 14.7. The van der Waals surface area contributed by atoms with Crippen LogP contribution in [0.5, 0.6) is 11.5 Å². The summed E-state index contributed by atoms with van der Waals surface area (Å²) in [6.45, 7) is 3.52. The molecule has 0 amide bonds. The van der Waals surface area contributed by atoms with Crippen LogP contribution in [0.3, 0.4) is 0 Å². The van der Waals surface area contributed by atoms with Gasteiger partial charge in [0.05, 0.1) is 31.9 Å². The summed E-state index contributed by atoms with van der Waals surface area (Å²) in [4.78, 5) is 4.37. The summed E-state index contributed by atoms with van der Waals surface area (Å²) < 4.78 is 17.7. The lowest BCUT2D eigenvalue weighted by Gasteiger charge is -2.14. The Labute approximate surface area is 118 Å². The van der Waals surface area contributed by atoms with Gasteiger partial charge in [-0.1, -0.05) is 6.92 Å². The maximum Gasteiger partial charge on any atom is 0.201 e. The fraction of sp³-hybridized carbons (Fsp3) is 0.500. The quantitative estimate of drug-likeness (QED) is 0.874. The second-order valence-electron chi connectivity index (χ2n) is 4.84. The zero-order valence-corrected chi connectivity index (χ0v) is 12.3. The number of fused-ring (bicyclic) bond motifs is 1. The van der Waals surface area contributed by atoms with Crippen molar-refractivity contribution in [1.82, 2.24) is 9.55 Å². The molecule has 2 aromatic rings. The molecule has 0 aliphatic heterocycles. The van der Waals surface area contributed by atoms with Crippen molar-refractivity contribution < 1.29 is 14.2 Å². The number of nitrogens with two attached hydrogens (primary N) is 1. The van der Waals surface area contributed by atoms with E-state index in [1.807, 2.05) is 16.7 Å². The average Bonchev–Trinajstić information content (AvgIpc) is 2.73. The Balaban J connectivity index is 2.46. The van der Waals surface area contributed by atoms with E-state index in [2.05, 4.69) is 11.9 Å². The molecule has 1 aromatic carbocycles. The SMILES string of the molecule is COCC(C)Cn1c(N)nc2cc(OC)c(OC)cc21. The fourth-order valence-corrected chi connectivity index (χ4v) is 2.31. The lowest BCUT2D eigenvalue weighted by atomic mass is 10.2. The Kier molecular flexibility index (Phi) is 4.34. The standard InChI is InChI=1S/C14H21N3O3/c1-9(8-18-2)7-17-11-6-13(20-4)12(19-3)5-10(11)16-14(17)15/h5-6,9H,7-8H2,1-4H3,(H2,15,16). The molecule has 0 saturated carbocycles. The Morgan fingerprint density at radius 1 is 1.20 bits per heavy atom. The average molecular weight is 279 g/mol. The molecule has 0 aliphatic rings. The van der Waals surface area contributed by atoms with Crippen LogP contribution < -0.4 is 15.2 Å². The summed E-state index contributed by atoms with van der Waals surface area (Å²) in [7, 11) is 4.91.